The van der Waals surface area contributed by atoms with Crippen molar-refractivity contribution in [2.45, 2.75) is 23.9 Å². The minimum atomic E-state index is -0.181. The Labute approximate surface area is 161 Å². The number of nitrogens with one attached hydrogen (secondary N) is 1. The van der Waals surface area contributed by atoms with Gasteiger partial charge in [-0.1, -0.05) is 29.4 Å². The molecule has 0 unspecified atom stereocenters. The molecule has 0 saturated carbocycles. The number of halogens is 1. The molecule has 3 heterocycles. The highest BCUT2D eigenvalue weighted by molar-refractivity contribution is 7.98. The second kappa shape index (κ2) is 7.56. The first-order valence-corrected chi connectivity index (χ1v) is 10.0. The molecule has 1 aromatic carbocycles. The van der Waals surface area contributed by atoms with Crippen LogP contribution < -0.4 is 5.56 Å². The Morgan fingerprint density at radius 1 is 1.31 bits per heavy atom. The number of benzene rings is 1. The number of rotatable bonds is 6. The molecule has 0 aliphatic carbocycles. The normalized spacial score (nSPS) is 11.3. The monoisotopic (exact) mass is 404 g/mol. The van der Waals surface area contributed by atoms with E-state index in [-0.39, 0.29) is 5.56 Å². The largest absolute Gasteiger partial charge is 0.309 e. The first kappa shape index (κ1) is 17.2. The highest BCUT2D eigenvalue weighted by Gasteiger charge is 2.10. The van der Waals surface area contributed by atoms with Crippen LogP contribution in [0.15, 0.2) is 45.7 Å². The Morgan fingerprint density at radius 2 is 2.23 bits per heavy atom. The lowest BCUT2D eigenvalue weighted by molar-refractivity contribution is 0.550. The zero-order chi connectivity index (χ0) is 17.9. The van der Waals surface area contributed by atoms with Crippen LogP contribution in [0, 0.1) is 0 Å². The van der Waals surface area contributed by atoms with E-state index in [1.54, 1.807) is 34.2 Å². The third-order valence-corrected chi connectivity index (χ3v) is 5.84. The number of hydrogen-bond acceptors (Lipinski definition) is 7. The summed E-state index contributed by atoms with van der Waals surface area (Å²) in [7, 11) is 0. The van der Waals surface area contributed by atoms with Crippen LogP contribution in [0.25, 0.3) is 10.9 Å². The van der Waals surface area contributed by atoms with Gasteiger partial charge >= 0.3 is 0 Å². The van der Waals surface area contributed by atoms with Gasteiger partial charge in [0, 0.05) is 16.3 Å². The van der Waals surface area contributed by atoms with Gasteiger partial charge in [0.05, 0.1) is 23.2 Å². The smallest absolute Gasteiger partial charge is 0.258 e. The van der Waals surface area contributed by atoms with Crippen LogP contribution >= 0.6 is 34.7 Å². The molecule has 0 radical (unpaired) electrons. The highest BCUT2D eigenvalue weighted by Crippen LogP contribution is 2.20. The average molecular weight is 405 g/mol. The van der Waals surface area contributed by atoms with E-state index in [1.165, 1.54) is 16.6 Å². The van der Waals surface area contributed by atoms with Gasteiger partial charge in [-0.3, -0.25) is 4.79 Å². The van der Waals surface area contributed by atoms with Gasteiger partial charge in [-0.2, -0.15) is 0 Å². The summed E-state index contributed by atoms with van der Waals surface area (Å²) in [5.41, 5.74) is 0.397. The van der Waals surface area contributed by atoms with Crippen molar-refractivity contribution < 1.29 is 0 Å². The molecule has 4 rings (SSSR count). The molecular weight excluding hydrogens is 392 g/mol. The molecule has 0 spiro atoms. The third-order valence-electron chi connectivity index (χ3n) is 3.70. The summed E-state index contributed by atoms with van der Waals surface area (Å²) in [4.78, 5) is 20.7. The second-order valence-electron chi connectivity index (χ2n) is 5.48. The molecule has 1 N–H and O–H groups in total. The maximum atomic E-state index is 12.2. The number of aromatic nitrogens is 6. The Morgan fingerprint density at radius 3 is 3.08 bits per heavy atom. The molecule has 0 fully saturated rings. The van der Waals surface area contributed by atoms with Crippen molar-refractivity contribution in [1.82, 2.24) is 30.2 Å². The summed E-state index contributed by atoms with van der Waals surface area (Å²) in [6.45, 7) is 0.702. The van der Waals surface area contributed by atoms with E-state index in [0.717, 1.165) is 6.42 Å². The Kier molecular flexibility index (Phi) is 5.00. The number of hydrogen-bond donors (Lipinski definition) is 1. The molecule has 0 bridgehead atoms. The zero-order valence-electron chi connectivity index (χ0n) is 13.4. The Balaban J connectivity index is 1.48. The van der Waals surface area contributed by atoms with Gasteiger partial charge in [-0.05, 0) is 40.1 Å². The number of fused-ring (bicyclic) bond motifs is 1. The molecule has 26 heavy (non-hydrogen) atoms. The molecule has 7 nitrogen and oxygen atoms in total. The zero-order valence-corrected chi connectivity index (χ0v) is 15.8. The van der Waals surface area contributed by atoms with E-state index >= 15 is 0 Å². The molecule has 0 saturated heterocycles. The molecule has 0 atom stereocenters. The number of H-pyrrole nitrogens is 1. The fraction of sp³-hybridized carbons (Fsp3) is 0.188. The van der Waals surface area contributed by atoms with E-state index in [0.29, 0.717) is 39.2 Å². The fourth-order valence-corrected chi connectivity index (χ4v) is 4.11. The lowest BCUT2D eigenvalue weighted by Crippen LogP contribution is -2.11. The summed E-state index contributed by atoms with van der Waals surface area (Å²) in [6, 6.07) is 9.16. The van der Waals surface area contributed by atoms with Crippen molar-refractivity contribution in [2.24, 2.45) is 0 Å². The van der Waals surface area contributed by atoms with Gasteiger partial charge in [0.25, 0.3) is 5.56 Å². The summed E-state index contributed by atoms with van der Waals surface area (Å²) in [5.74, 6) is 1.01. The van der Waals surface area contributed by atoms with Crippen molar-refractivity contribution in [3.05, 3.63) is 61.8 Å². The van der Waals surface area contributed by atoms with E-state index in [1.807, 2.05) is 6.07 Å². The maximum absolute atomic E-state index is 12.2. The van der Waals surface area contributed by atoms with E-state index in [9.17, 15) is 4.79 Å². The molecular formula is C16H13ClN6OS2. The standard InChI is InChI=1S/C16H13ClN6OS2/c17-10-3-4-12-13(8-10)18-14(19-15(12)24)9-26-16-20-21-22-23(16)6-5-11-2-1-7-25-11/h1-4,7-8H,5-6,9H2,(H,18,19,24). The minimum Gasteiger partial charge on any atom is -0.309 e. The highest BCUT2D eigenvalue weighted by atomic mass is 35.5. The predicted octanol–water partition coefficient (Wildman–Crippen LogP) is 3.16. The summed E-state index contributed by atoms with van der Waals surface area (Å²) in [6.07, 6.45) is 0.875. The van der Waals surface area contributed by atoms with Crippen LogP contribution in [0.4, 0.5) is 0 Å². The molecule has 10 heteroatoms. The minimum absolute atomic E-state index is 0.181. The summed E-state index contributed by atoms with van der Waals surface area (Å²) >= 11 is 9.14. The van der Waals surface area contributed by atoms with E-state index in [4.69, 9.17) is 11.6 Å². The van der Waals surface area contributed by atoms with Gasteiger partial charge in [0.15, 0.2) is 0 Å². The molecule has 0 amide bonds. The van der Waals surface area contributed by atoms with Gasteiger partial charge in [0.2, 0.25) is 5.16 Å². The fourth-order valence-electron chi connectivity index (χ4n) is 2.47. The van der Waals surface area contributed by atoms with Crippen molar-refractivity contribution in [3.63, 3.8) is 0 Å². The van der Waals surface area contributed by atoms with Crippen molar-refractivity contribution in [3.8, 4) is 0 Å². The molecule has 0 aliphatic heterocycles. The molecule has 132 valence electrons. The first-order chi connectivity index (χ1) is 12.7. The first-order valence-electron chi connectivity index (χ1n) is 7.79. The van der Waals surface area contributed by atoms with Crippen LogP contribution in [-0.4, -0.2) is 30.2 Å². The van der Waals surface area contributed by atoms with Gasteiger partial charge < -0.3 is 4.98 Å². The van der Waals surface area contributed by atoms with E-state index in [2.05, 4.69) is 36.9 Å². The molecule has 3 aromatic heterocycles. The molecule has 0 aliphatic rings. The van der Waals surface area contributed by atoms with Gasteiger partial charge in [-0.25, -0.2) is 9.67 Å². The van der Waals surface area contributed by atoms with E-state index < -0.39 is 0 Å². The maximum Gasteiger partial charge on any atom is 0.258 e. The third kappa shape index (κ3) is 3.79. The van der Waals surface area contributed by atoms with Crippen molar-refractivity contribution in [1.29, 1.82) is 0 Å². The second-order valence-corrected chi connectivity index (χ2v) is 7.89. The summed E-state index contributed by atoms with van der Waals surface area (Å²) < 4.78 is 1.76. The Bertz CT molecular complexity index is 1090. The number of aromatic amines is 1. The number of tetrazole rings is 1. The number of aryl methyl sites for hydroxylation is 2. The summed E-state index contributed by atoms with van der Waals surface area (Å²) in [5, 5.41) is 15.7. The lowest BCUT2D eigenvalue weighted by Gasteiger charge is -2.04. The van der Waals surface area contributed by atoms with Gasteiger partial charge in [0.1, 0.15) is 5.82 Å². The van der Waals surface area contributed by atoms with Gasteiger partial charge in [-0.15, -0.1) is 16.4 Å². The van der Waals surface area contributed by atoms with Crippen LogP contribution in [0.3, 0.4) is 0 Å². The van der Waals surface area contributed by atoms with Crippen LogP contribution in [0.5, 0.6) is 0 Å². The average Bonchev–Trinajstić information content (AvgIpc) is 3.29. The van der Waals surface area contributed by atoms with Crippen molar-refractivity contribution in [2.75, 3.05) is 0 Å². The van der Waals surface area contributed by atoms with Crippen LogP contribution in [-0.2, 0) is 18.7 Å². The van der Waals surface area contributed by atoms with Crippen molar-refractivity contribution >= 4 is 45.6 Å². The van der Waals surface area contributed by atoms with Crippen LogP contribution in [0.1, 0.15) is 10.7 Å². The lowest BCUT2D eigenvalue weighted by atomic mass is 10.2. The number of thiophene rings is 1. The van der Waals surface area contributed by atoms with Crippen LogP contribution in [0.2, 0.25) is 5.02 Å². The number of thioether (sulfide) groups is 1. The number of nitrogens with zero attached hydrogens (tertiary/aromatic N) is 5. The molecule has 4 aromatic rings. The predicted molar refractivity (Wildman–Crippen MR) is 103 cm³/mol. The topological polar surface area (TPSA) is 89.4 Å². The Hall–Kier alpha value is -2.23. The SMILES string of the molecule is O=c1[nH]c(CSc2nnnn2CCc2cccs2)nc2cc(Cl)ccc12. The quantitative estimate of drug-likeness (QED) is 0.496.